The summed E-state index contributed by atoms with van der Waals surface area (Å²) in [5, 5.41) is 11.0. The molecular weight excluding hydrogens is 346 g/mol. The van der Waals surface area contributed by atoms with Crippen molar-refractivity contribution in [3.63, 3.8) is 0 Å². The third-order valence-corrected chi connectivity index (χ3v) is 4.61. The fourth-order valence-corrected chi connectivity index (χ4v) is 3.20. The van der Waals surface area contributed by atoms with Crippen molar-refractivity contribution in [3.8, 4) is 11.4 Å². The molecule has 1 aliphatic heterocycles. The number of carbonyl (C=O) groups is 1. The van der Waals surface area contributed by atoms with Crippen LogP contribution in [-0.4, -0.2) is 60.7 Å². The number of nitrogens with zero attached hydrogens (tertiary/aromatic N) is 7. The molecule has 2 aromatic heterocycles. The number of rotatable bonds is 5. The van der Waals surface area contributed by atoms with E-state index in [-0.39, 0.29) is 18.4 Å². The van der Waals surface area contributed by atoms with Gasteiger partial charge in [0, 0.05) is 30.9 Å². The smallest absolute Gasteiger partial charge is 0.260 e. The molecule has 138 valence electrons. The number of hydrogen-bond donors (Lipinski definition) is 0. The molecule has 1 fully saturated rings. The molecule has 1 amide bonds. The minimum atomic E-state index is -0.0155. The molecule has 0 unspecified atom stereocenters. The molecule has 9 heteroatoms. The summed E-state index contributed by atoms with van der Waals surface area (Å²) in [4.78, 5) is 22.7. The number of likely N-dealkylation sites (tertiary alicyclic amines) is 1. The average molecular weight is 365 g/mol. The van der Waals surface area contributed by atoms with E-state index in [0.29, 0.717) is 12.3 Å². The second kappa shape index (κ2) is 7.90. The molecule has 4 rings (SSSR count). The number of carbonyl (C=O) groups excluding carboxylic acids is 1. The molecule has 0 bridgehead atoms. The van der Waals surface area contributed by atoms with Gasteiger partial charge < -0.3 is 9.64 Å². The summed E-state index contributed by atoms with van der Waals surface area (Å²) in [5.74, 6) is 0.865. The molecule has 1 saturated heterocycles. The number of tetrazole rings is 1. The maximum Gasteiger partial charge on any atom is 0.260 e. The van der Waals surface area contributed by atoms with Crippen LogP contribution >= 0.6 is 0 Å². The van der Waals surface area contributed by atoms with E-state index in [0.717, 1.165) is 30.8 Å². The first-order valence-electron chi connectivity index (χ1n) is 8.79. The van der Waals surface area contributed by atoms with Gasteiger partial charge in [-0.25, -0.2) is 14.6 Å². The van der Waals surface area contributed by atoms with E-state index in [1.807, 2.05) is 23.1 Å². The Hall–Kier alpha value is -3.36. The average Bonchev–Trinajstić information content (AvgIpc) is 3.28. The molecule has 3 heterocycles. The largest absolute Gasteiger partial charge is 0.484 e. The van der Waals surface area contributed by atoms with E-state index >= 15 is 0 Å². The normalized spacial score (nSPS) is 16.9. The summed E-state index contributed by atoms with van der Waals surface area (Å²) >= 11 is 0. The maximum atomic E-state index is 12.5. The van der Waals surface area contributed by atoms with E-state index in [2.05, 4.69) is 25.5 Å². The lowest BCUT2D eigenvalue weighted by Crippen LogP contribution is -2.41. The topological polar surface area (TPSA) is 98.9 Å². The van der Waals surface area contributed by atoms with Gasteiger partial charge in [-0.3, -0.25) is 4.79 Å². The zero-order chi connectivity index (χ0) is 18.5. The number of hydrogen-bond acceptors (Lipinski definition) is 7. The highest BCUT2D eigenvalue weighted by Crippen LogP contribution is 2.25. The lowest BCUT2D eigenvalue weighted by molar-refractivity contribution is -0.134. The van der Waals surface area contributed by atoms with Crippen molar-refractivity contribution in [1.82, 2.24) is 35.1 Å². The Bertz CT molecular complexity index is 868. The van der Waals surface area contributed by atoms with Crippen molar-refractivity contribution in [1.29, 1.82) is 0 Å². The Kier molecular flexibility index (Phi) is 4.99. The monoisotopic (exact) mass is 365 g/mol. The van der Waals surface area contributed by atoms with Gasteiger partial charge in [-0.15, -0.1) is 5.10 Å². The number of ether oxygens (including phenoxy) is 1. The Morgan fingerprint density at radius 1 is 1.22 bits per heavy atom. The molecule has 9 nitrogen and oxygen atoms in total. The van der Waals surface area contributed by atoms with Gasteiger partial charge >= 0.3 is 0 Å². The van der Waals surface area contributed by atoms with Crippen LogP contribution in [0, 0.1) is 0 Å². The Morgan fingerprint density at radius 2 is 2.11 bits per heavy atom. The van der Waals surface area contributed by atoms with Gasteiger partial charge in [0.25, 0.3) is 5.91 Å². The molecule has 1 aromatic carbocycles. The van der Waals surface area contributed by atoms with Gasteiger partial charge in [0.2, 0.25) is 0 Å². The van der Waals surface area contributed by atoms with Crippen LogP contribution in [0.25, 0.3) is 5.69 Å². The second-order valence-corrected chi connectivity index (χ2v) is 6.35. The van der Waals surface area contributed by atoms with E-state index in [4.69, 9.17) is 4.74 Å². The third kappa shape index (κ3) is 4.08. The van der Waals surface area contributed by atoms with E-state index < -0.39 is 0 Å². The van der Waals surface area contributed by atoms with Crippen molar-refractivity contribution in [3.05, 3.63) is 54.9 Å². The van der Waals surface area contributed by atoms with E-state index in [1.54, 1.807) is 29.3 Å². The number of benzene rings is 1. The highest BCUT2D eigenvalue weighted by molar-refractivity contribution is 5.78. The summed E-state index contributed by atoms with van der Waals surface area (Å²) in [7, 11) is 0. The standard InChI is InChI=1S/C18H19N7O2/c26-18(24-9-1-2-14(10-24)17-7-8-19-12-20-17)11-27-16-5-3-15(4-6-16)25-13-21-22-23-25/h3-8,12-14H,1-2,9-11H2/t14-/m1/s1. The zero-order valence-electron chi connectivity index (χ0n) is 14.7. The quantitative estimate of drug-likeness (QED) is 0.671. The lowest BCUT2D eigenvalue weighted by atomic mass is 9.94. The van der Waals surface area contributed by atoms with Gasteiger partial charge in [-0.05, 0) is 53.6 Å². The van der Waals surface area contributed by atoms with Gasteiger partial charge in [0.05, 0.1) is 5.69 Å². The SMILES string of the molecule is O=C(COc1ccc(-n2cnnn2)cc1)N1CCC[C@@H](c2ccncn2)C1. The first-order valence-corrected chi connectivity index (χ1v) is 8.79. The van der Waals surface area contributed by atoms with E-state index in [9.17, 15) is 4.79 Å². The van der Waals surface area contributed by atoms with Crippen LogP contribution in [0.5, 0.6) is 5.75 Å². The molecule has 0 radical (unpaired) electrons. The highest BCUT2D eigenvalue weighted by atomic mass is 16.5. The van der Waals surface area contributed by atoms with Gasteiger partial charge in [-0.1, -0.05) is 0 Å². The van der Waals surface area contributed by atoms with Crippen molar-refractivity contribution >= 4 is 5.91 Å². The molecule has 0 spiro atoms. The van der Waals surface area contributed by atoms with E-state index in [1.165, 1.54) is 6.33 Å². The van der Waals surface area contributed by atoms with Gasteiger partial charge in [0.1, 0.15) is 18.4 Å². The summed E-state index contributed by atoms with van der Waals surface area (Å²) in [5.41, 5.74) is 1.81. The van der Waals surface area contributed by atoms with Crippen LogP contribution in [0.15, 0.2) is 49.2 Å². The van der Waals surface area contributed by atoms with Crippen LogP contribution < -0.4 is 4.74 Å². The number of amides is 1. The second-order valence-electron chi connectivity index (χ2n) is 6.35. The summed E-state index contributed by atoms with van der Waals surface area (Å²) in [6, 6.07) is 9.18. The molecular formula is C18H19N7O2. The predicted octanol–water partition coefficient (Wildman–Crippen LogP) is 1.24. The van der Waals surface area contributed by atoms with Crippen LogP contribution in [0.1, 0.15) is 24.5 Å². The number of piperidine rings is 1. The molecule has 0 aliphatic carbocycles. The first kappa shape index (κ1) is 17.1. The van der Waals surface area contributed by atoms with Crippen LogP contribution in [0.4, 0.5) is 0 Å². The van der Waals surface area contributed by atoms with Crippen molar-refractivity contribution in [2.45, 2.75) is 18.8 Å². The molecule has 27 heavy (non-hydrogen) atoms. The van der Waals surface area contributed by atoms with Crippen LogP contribution in [0.3, 0.4) is 0 Å². The molecule has 1 aliphatic rings. The summed E-state index contributed by atoms with van der Waals surface area (Å²) < 4.78 is 7.21. The minimum Gasteiger partial charge on any atom is -0.484 e. The van der Waals surface area contributed by atoms with Gasteiger partial charge in [-0.2, -0.15) is 0 Å². The highest BCUT2D eigenvalue weighted by Gasteiger charge is 2.25. The Labute approximate surface area is 156 Å². The summed E-state index contributed by atoms with van der Waals surface area (Å²) in [6.07, 6.45) is 6.80. The molecule has 0 N–H and O–H groups in total. The van der Waals surface area contributed by atoms with Crippen LogP contribution in [0.2, 0.25) is 0 Å². The first-order chi connectivity index (χ1) is 13.3. The maximum absolute atomic E-state index is 12.5. The number of aromatic nitrogens is 6. The zero-order valence-corrected chi connectivity index (χ0v) is 14.7. The van der Waals surface area contributed by atoms with Crippen molar-refractivity contribution in [2.75, 3.05) is 19.7 Å². The lowest BCUT2D eigenvalue weighted by Gasteiger charge is -2.32. The fourth-order valence-electron chi connectivity index (χ4n) is 3.20. The van der Waals surface area contributed by atoms with Crippen molar-refractivity contribution in [2.24, 2.45) is 0 Å². The molecule has 0 saturated carbocycles. The minimum absolute atomic E-state index is 0.0146. The fraction of sp³-hybridized carbons (Fsp3) is 0.333. The molecule has 1 atom stereocenters. The Balaban J connectivity index is 1.32. The summed E-state index contributed by atoms with van der Waals surface area (Å²) in [6.45, 7) is 1.43. The Morgan fingerprint density at radius 3 is 2.85 bits per heavy atom. The third-order valence-electron chi connectivity index (χ3n) is 4.61. The molecule has 3 aromatic rings. The van der Waals surface area contributed by atoms with Gasteiger partial charge in [0.15, 0.2) is 6.61 Å². The predicted molar refractivity (Wildman–Crippen MR) is 95.2 cm³/mol. The van der Waals surface area contributed by atoms with Crippen LogP contribution in [-0.2, 0) is 4.79 Å². The van der Waals surface area contributed by atoms with Crippen molar-refractivity contribution < 1.29 is 9.53 Å².